The molecule has 174 valence electrons. The summed E-state index contributed by atoms with van der Waals surface area (Å²) in [6.07, 6.45) is 1.16. The molecule has 3 aromatic carbocycles. The van der Waals surface area contributed by atoms with Gasteiger partial charge in [0.2, 0.25) is 10.0 Å². The SMILES string of the molecule is Cc1cc(C)c([C@H](C)NC(=O)c2ccc(CN(c3cccc(Cl)c3)S(C)(=O)=O)cc2)cc1C. The van der Waals surface area contributed by atoms with Crippen LogP contribution in [0.15, 0.2) is 60.7 Å². The molecule has 0 bridgehead atoms. The molecule has 3 rings (SSSR count). The Balaban J connectivity index is 1.75. The summed E-state index contributed by atoms with van der Waals surface area (Å²) in [5.74, 6) is -0.179. The Kier molecular flexibility index (Phi) is 7.50. The number of carbonyl (C=O) groups excluding carboxylic acids is 1. The Morgan fingerprint density at radius 1 is 0.970 bits per heavy atom. The number of rotatable bonds is 7. The van der Waals surface area contributed by atoms with E-state index in [1.54, 1.807) is 48.5 Å². The van der Waals surface area contributed by atoms with E-state index in [0.29, 0.717) is 16.3 Å². The van der Waals surface area contributed by atoms with Gasteiger partial charge in [0.25, 0.3) is 5.91 Å². The van der Waals surface area contributed by atoms with Crippen molar-refractivity contribution >= 4 is 33.2 Å². The van der Waals surface area contributed by atoms with Crippen molar-refractivity contribution in [2.45, 2.75) is 40.3 Å². The molecule has 0 aliphatic rings. The lowest BCUT2D eigenvalue weighted by atomic mass is 9.96. The molecule has 0 fully saturated rings. The zero-order valence-electron chi connectivity index (χ0n) is 19.5. The van der Waals surface area contributed by atoms with E-state index in [-0.39, 0.29) is 18.5 Å². The number of nitrogens with zero attached hydrogens (tertiary/aromatic N) is 1. The van der Waals surface area contributed by atoms with Crippen LogP contribution in [0.1, 0.15) is 51.1 Å². The van der Waals surface area contributed by atoms with Crippen molar-refractivity contribution in [3.8, 4) is 0 Å². The van der Waals surface area contributed by atoms with Gasteiger partial charge in [0.1, 0.15) is 0 Å². The van der Waals surface area contributed by atoms with Gasteiger partial charge < -0.3 is 5.32 Å². The van der Waals surface area contributed by atoms with Crippen LogP contribution in [0.4, 0.5) is 5.69 Å². The highest BCUT2D eigenvalue weighted by Crippen LogP contribution is 2.25. The van der Waals surface area contributed by atoms with Crippen LogP contribution in [0.2, 0.25) is 5.02 Å². The lowest BCUT2D eigenvalue weighted by Crippen LogP contribution is -2.29. The Morgan fingerprint density at radius 2 is 1.61 bits per heavy atom. The number of halogens is 1. The van der Waals surface area contributed by atoms with Gasteiger partial charge in [-0.3, -0.25) is 9.10 Å². The quantitative estimate of drug-likeness (QED) is 0.466. The number of aryl methyl sites for hydroxylation is 3. The summed E-state index contributed by atoms with van der Waals surface area (Å²) in [5.41, 5.74) is 6.42. The molecule has 0 radical (unpaired) electrons. The van der Waals surface area contributed by atoms with Gasteiger partial charge >= 0.3 is 0 Å². The average Bonchev–Trinajstić information content (AvgIpc) is 2.74. The average molecular weight is 485 g/mol. The second-order valence-corrected chi connectivity index (χ2v) is 10.8. The normalized spacial score (nSPS) is 12.3. The zero-order valence-corrected chi connectivity index (χ0v) is 21.1. The van der Waals surface area contributed by atoms with E-state index >= 15 is 0 Å². The molecular formula is C26H29ClN2O3S. The number of amides is 1. The highest BCUT2D eigenvalue weighted by molar-refractivity contribution is 7.92. The topological polar surface area (TPSA) is 66.5 Å². The van der Waals surface area contributed by atoms with E-state index in [9.17, 15) is 13.2 Å². The van der Waals surface area contributed by atoms with Crippen molar-refractivity contribution in [1.29, 1.82) is 0 Å². The van der Waals surface area contributed by atoms with Crippen LogP contribution in [-0.2, 0) is 16.6 Å². The Morgan fingerprint density at radius 3 is 2.21 bits per heavy atom. The van der Waals surface area contributed by atoms with Gasteiger partial charge in [-0.05, 0) is 85.8 Å². The van der Waals surface area contributed by atoms with Crippen LogP contribution in [0.25, 0.3) is 0 Å². The maximum atomic E-state index is 12.8. The van der Waals surface area contributed by atoms with Crippen LogP contribution >= 0.6 is 11.6 Å². The Labute approximate surface area is 201 Å². The fourth-order valence-corrected chi connectivity index (χ4v) is 4.83. The van der Waals surface area contributed by atoms with Crippen molar-refractivity contribution in [2.75, 3.05) is 10.6 Å². The molecule has 0 saturated heterocycles. The van der Waals surface area contributed by atoms with Crippen molar-refractivity contribution < 1.29 is 13.2 Å². The van der Waals surface area contributed by atoms with Crippen molar-refractivity contribution in [1.82, 2.24) is 5.32 Å². The van der Waals surface area contributed by atoms with Crippen LogP contribution in [0.5, 0.6) is 0 Å². The number of sulfonamides is 1. The van der Waals surface area contributed by atoms with E-state index in [0.717, 1.165) is 22.9 Å². The molecule has 0 aliphatic heterocycles. The van der Waals surface area contributed by atoms with Crippen LogP contribution in [-0.4, -0.2) is 20.6 Å². The summed E-state index contributed by atoms with van der Waals surface area (Å²) in [4.78, 5) is 12.8. The fourth-order valence-electron chi connectivity index (χ4n) is 3.77. The van der Waals surface area contributed by atoms with Gasteiger partial charge in [0, 0.05) is 10.6 Å². The fraction of sp³-hybridized carbons (Fsp3) is 0.269. The highest BCUT2D eigenvalue weighted by Gasteiger charge is 2.19. The summed E-state index contributed by atoms with van der Waals surface area (Å²) in [5, 5.41) is 3.52. The molecule has 7 heteroatoms. The van der Waals surface area contributed by atoms with E-state index in [1.807, 2.05) is 13.8 Å². The molecule has 1 atom stereocenters. The van der Waals surface area contributed by atoms with Crippen LogP contribution in [0.3, 0.4) is 0 Å². The Bertz CT molecular complexity index is 1270. The van der Waals surface area contributed by atoms with Crippen LogP contribution < -0.4 is 9.62 Å². The third kappa shape index (κ3) is 6.15. The van der Waals surface area contributed by atoms with E-state index < -0.39 is 10.0 Å². The molecule has 5 nitrogen and oxygen atoms in total. The van der Waals surface area contributed by atoms with Crippen molar-refractivity contribution in [3.63, 3.8) is 0 Å². The smallest absolute Gasteiger partial charge is 0.251 e. The Hall–Kier alpha value is -2.83. The lowest BCUT2D eigenvalue weighted by Gasteiger charge is -2.23. The number of anilines is 1. The van der Waals surface area contributed by atoms with E-state index in [4.69, 9.17) is 11.6 Å². The molecule has 0 aliphatic carbocycles. The number of nitrogens with one attached hydrogen (secondary N) is 1. The molecular weight excluding hydrogens is 456 g/mol. The minimum Gasteiger partial charge on any atom is -0.346 e. The number of hydrogen-bond donors (Lipinski definition) is 1. The maximum absolute atomic E-state index is 12.8. The third-order valence-electron chi connectivity index (χ3n) is 5.74. The standard InChI is InChI=1S/C26H29ClN2O3S/c1-17-13-19(3)25(14-18(17)2)20(4)28-26(30)22-11-9-21(10-12-22)16-29(33(5,31)32)24-8-6-7-23(27)15-24/h6-15,20H,16H2,1-5H3,(H,28,30)/t20-/m0/s1. The lowest BCUT2D eigenvalue weighted by molar-refractivity contribution is 0.0940. The number of hydrogen-bond acceptors (Lipinski definition) is 3. The predicted octanol–water partition coefficient (Wildman–Crippen LogP) is 5.72. The monoisotopic (exact) mass is 484 g/mol. The van der Waals surface area contributed by atoms with Gasteiger partial charge in [-0.2, -0.15) is 0 Å². The third-order valence-corrected chi connectivity index (χ3v) is 7.11. The molecule has 1 N–H and O–H groups in total. The maximum Gasteiger partial charge on any atom is 0.251 e. The summed E-state index contributed by atoms with van der Waals surface area (Å²) >= 11 is 6.04. The minimum absolute atomic E-state index is 0.138. The number of benzene rings is 3. The zero-order chi connectivity index (χ0) is 24.3. The molecule has 0 spiro atoms. The van der Waals surface area contributed by atoms with E-state index in [2.05, 4.69) is 31.3 Å². The first-order valence-electron chi connectivity index (χ1n) is 10.7. The molecule has 0 unspecified atom stereocenters. The second-order valence-electron chi connectivity index (χ2n) is 8.43. The van der Waals surface area contributed by atoms with Gasteiger partial charge in [-0.25, -0.2) is 8.42 Å². The number of carbonyl (C=O) groups is 1. The van der Waals surface area contributed by atoms with Crippen LogP contribution in [0, 0.1) is 20.8 Å². The second kappa shape index (κ2) is 9.98. The van der Waals surface area contributed by atoms with Crippen molar-refractivity contribution in [3.05, 3.63) is 99.1 Å². The summed E-state index contributed by atoms with van der Waals surface area (Å²) in [6, 6.07) is 17.8. The molecule has 0 aromatic heterocycles. The molecule has 0 saturated carbocycles. The molecule has 1 amide bonds. The molecule has 0 heterocycles. The van der Waals surface area contributed by atoms with Gasteiger partial charge in [0.05, 0.1) is 24.5 Å². The largest absolute Gasteiger partial charge is 0.346 e. The van der Waals surface area contributed by atoms with Gasteiger partial charge in [-0.15, -0.1) is 0 Å². The van der Waals surface area contributed by atoms with Gasteiger partial charge in [0.15, 0.2) is 0 Å². The summed E-state index contributed by atoms with van der Waals surface area (Å²) in [6.45, 7) is 8.30. The molecule has 33 heavy (non-hydrogen) atoms. The first-order valence-corrected chi connectivity index (χ1v) is 12.9. The highest BCUT2D eigenvalue weighted by atomic mass is 35.5. The first-order chi connectivity index (χ1) is 15.5. The van der Waals surface area contributed by atoms with Gasteiger partial charge in [-0.1, -0.05) is 41.9 Å². The van der Waals surface area contributed by atoms with E-state index in [1.165, 1.54) is 15.4 Å². The summed E-state index contributed by atoms with van der Waals surface area (Å²) in [7, 11) is -3.52. The predicted molar refractivity (Wildman–Crippen MR) is 135 cm³/mol. The summed E-state index contributed by atoms with van der Waals surface area (Å²) < 4.78 is 26.0. The minimum atomic E-state index is -3.52. The van der Waals surface area contributed by atoms with Crippen molar-refractivity contribution in [2.24, 2.45) is 0 Å². The molecule has 3 aromatic rings. The first kappa shape index (κ1) is 24.8.